The summed E-state index contributed by atoms with van der Waals surface area (Å²) < 4.78 is 14.3. The number of rotatable bonds is 4. The first-order valence-corrected chi connectivity index (χ1v) is 7.48. The molecule has 7 heteroatoms. The maximum absolute atomic E-state index is 14.3. The van der Waals surface area contributed by atoms with Crippen LogP contribution in [0.1, 0.15) is 29.6 Å². The normalized spacial score (nSPS) is 17.8. The molecule has 6 nitrogen and oxygen atoms in total. The first kappa shape index (κ1) is 15.2. The minimum absolute atomic E-state index is 0.0563. The highest BCUT2D eigenvalue weighted by Crippen LogP contribution is 2.28. The second kappa shape index (κ2) is 6.60. The highest BCUT2D eigenvalue weighted by Gasteiger charge is 2.25. The maximum atomic E-state index is 14.3. The number of piperidine rings is 1. The first-order valence-electron chi connectivity index (χ1n) is 7.48. The summed E-state index contributed by atoms with van der Waals surface area (Å²) in [7, 11) is 0. The van der Waals surface area contributed by atoms with Gasteiger partial charge in [0.1, 0.15) is 12.0 Å². The SMILES string of the molecule is O=C(O)c1ccc(N2CCCC[C@@H]2Nc2ncccn2)c(F)c1. The van der Waals surface area contributed by atoms with E-state index in [0.29, 0.717) is 18.2 Å². The third kappa shape index (κ3) is 3.39. The summed E-state index contributed by atoms with van der Waals surface area (Å²) in [4.78, 5) is 21.1. The molecule has 0 unspecified atom stereocenters. The number of aromatic nitrogens is 2. The lowest BCUT2D eigenvalue weighted by Gasteiger charge is -2.38. The number of carbonyl (C=O) groups is 1. The second-order valence-electron chi connectivity index (χ2n) is 5.39. The van der Waals surface area contributed by atoms with Crippen LogP contribution in [0.3, 0.4) is 0 Å². The van der Waals surface area contributed by atoms with E-state index in [-0.39, 0.29) is 11.7 Å². The fourth-order valence-corrected chi connectivity index (χ4v) is 2.77. The van der Waals surface area contributed by atoms with Gasteiger partial charge in [-0.2, -0.15) is 0 Å². The highest BCUT2D eigenvalue weighted by atomic mass is 19.1. The first-order chi connectivity index (χ1) is 11.1. The molecule has 0 spiro atoms. The predicted molar refractivity (Wildman–Crippen MR) is 84.0 cm³/mol. The fraction of sp³-hybridized carbons (Fsp3) is 0.312. The molecular weight excluding hydrogens is 299 g/mol. The molecule has 1 aromatic heterocycles. The van der Waals surface area contributed by atoms with Crippen molar-refractivity contribution in [3.05, 3.63) is 48.0 Å². The highest BCUT2D eigenvalue weighted by molar-refractivity contribution is 5.88. The zero-order chi connectivity index (χ0) is 16.2. The monoisotopic (exact) mass is 316 g/mol. The van der Waals surface area contributed by atoms with E-state index < -0.39 is 11.8 Å². The number of hydrogen-bond acceptors (Lipinski definition) is 5. The third-order valence-electron chi connectivity index (χ3n) is 3.87. The second-order valence-corrected chi connectivity index (χ2v) is 5.39. The maximum Gasteiger partial charge on any atom is 0.335 e. The molecule has 0 saturated carbocycles. The van der Waals surface area contributed by atoms with Gasteiger partial charge in [0.05, 0.1) is 11.3 Å². The lowest BCUT2D eigenvalue weighted by Crippen LogP contribution is -2.45. The molecule has 0 radical (unpaired) electrons. The van der Waals surface area contributed by atoms with Gasteiger partial charge < -0.3 is 15.3 Å². The summed E-state index contributed by atoms with van der Waals surface area (Å²) in [5, 5.41) is 12.2. The summed E-state index contributed by atoms with van der Waals surface area (Å²) in [5.41, 5.74) is 0.335. The Hall–Kier alpha value is -2.70. The van der Waals surface area contributed by atoms with Crippen molar-refractivity contribution in [2.75, 3.05) is 16.8 Å². The molecule has 23 heavy (non-hydrogen) atoms. The quantitative estimate of drug-likeness (QED) is 0.903. The number of nitrogens with zero attached hydrogens (tertiary/aromatic N) is 3. The number of carboxylic acids is 1. The van der Waals surface area contributed by atoms with E-state index in [2.05, 4.69) is 15.3 Å². The number of benzene rings is 1. The predicted octanol–water partition coefficient (Wildman–Crippen LogP) is 2.74. The summed E-state index contributed by atoms with van der Waals surface area (Å²) in [6.45, 7) is 0.688. The van der Waals surface area contributed by atoms with E-state index in [4.69, 9.17) is 5.11 Å². The Kier molecular flexibility index (Phi) is 4.36. The number of anilines is 2. The van der Waals surface area contributed by atoms with Crippen LogP contribution in [0, 0.1) is 5.82 Å². The number of hydrogen-bond donors (Lipinski definition) is 2. The lowest BCUT2D eigenvalue weighted by molar-refractivity contribution is 0.0696. The lowest BCUT2D eigenvalue weighted by atomic mass is 10.1. The van der Waals surface area contributed by atoms with E-state index in [1.165, 1.54) is 12.1 Å². The van der Waals surface area contributed by atoms with Crippen LogP contribution in [-0.2, 0) is 0 Å². The molecule has 3 rings (SSSR count). The Labute approximate surface area is 133 Å². The van der Waals surface area contributed by atoms with Crippen molar-refractivity contribution in [2.24, 2.45) is 0 Å². The summed E-state index contributed by atoms with van der Waals surface area (Å²) >= 11 is 0. The molecular formula is C16H17FN4O2. The van der Waals surface area contributed by atoms with Gasteiger partial charge in [-0.1, -0.05) is 0 Å². The van der Waals surface area contributed by atoms with Crippen LogP contribution in [0.4, 0.5) is 16.0 Å². The van der Waals surface area contributed by atoms with Crippen molar-refractivity contribution in [2.45, 2.75) is 25.4 Å². The summed E-state index contributed by atoms with van der Waals surface area (Å²) in [6.07, 6.45) is 5.97. The minimum Gasteiger partial charge on any atom is -0.478 e. The molecule has 1 saturated heterocycles. The van der Waals surface area contributed by atoms with Gasteiger partial charge >= 0.3 is 5.97 Å². The van der Waals surface area contributed by atoms with Crippen molar-refractivity contribution >= 4 is 17.6 Å². The van der Waals surface area contributed by atoms with E-state index in [9.17, 15) is 9.18 Å². The van der Waals surface area contributed by atoms with Crippen LogP contribution >= 0.6 is 0 Å². The van der Waals surface area contributed by atoms with Crippen molar-refractivity contribution in [1.82, 2.24) is 9.97 Å². The van der Waals surface area contributed by atoms with Crippen LogP contribution < -0.4 is 10.2 Å². The van der Waals surface area contributed by atoms with Gasteiger partial charge in [0.15, 0.2) is 0 Å². The molecule has 2 N–H and O–H groups in total. The zero-order valence-corrected chi connectivity index (χ0v) is 12.4. The van der Waals surface area contributed by atoms with Gasteiger partial charge in [0.2, 0.25) is 5.95 Å². The Morgan fingerprint density at radius 2 is 2.09 bits per heavy atom. The smallest absolute Gasteiger partial charge is 0.335 e. The summed E-state index contributed by atoms with van der Waals surface area (Å²) in [6, 6.07) is 5.73. The van der Waals surface area contributed by atoms with Crippen molar-refractivity contribution in [3.63, 3.8) is 0 Å². The molecule has 1 fully saturated rings. The number of halogens is 1. The van der Waals surface area contributed by atoms with Crippen molar-refractivity contribution in [1.29, 1.82) is 0 Å². The van der Waals surface area contributed by atoms with Crippen LogP contribution in [0.25, 0.3) is 0 Å². The Bertz CT molecular complexity index is 696. The van der Waals surface area contributed by atoms with Crippen LogP contribution in [0.2, 0.25) is 0 Å². The average molecular weight is 316 g/mol. The Morgan fingerprint density at radius 1 is 1.30 bits per heavy atom. The molecule has 0 bridgehead atoms. The molecule has 1 aromatic carbocycles. The molecule has 2 aromatic rings. The minimum atomic E-state index is -1.14. The molecule has 120 valence electrons. The zero-order valence-electron chi connectivity index (χ0n) is 12.4. The van der Waals surface area contributed by atoms with Gasteiger partial charge in [0, 0.05) is 18.9 Å². The van der Waals surface area contributed by atoms with Crippen molar-refractivity contribution < 1.29 is 14.3 Å². The standard InChI is InChI=1S/C16H17FN4O2/c17-12-10-11(15(22)23)5-6-13(12)21-9-2-1-4-14(21)20-16-18-7-3-8-19-16/h3,5-8,10,14H,1-2,4,9H2,(H,22,23)(H,18,19,20)/t14-/m1/s1. The average Bonchev–Trinajstić information content (AvgIpc) is 2.56. The van der Waals surface area contributed by atoms with E-state index in [0.717, 1.165) is 25.3 Å². The molecule has 1 aliphatic rings. The topological polar surface area (TPSA) is 78.4 Å². The van der Waals surface area contributed by atoms with Crippen LogP contribution in [0.5, 0.6) is 0 Å². The van der Waals surface area contributed by atoms with Crippen LogP contribution in [-0.4, -0.2) is 33.8 Å². The third-order valence-corrected chi connectivity index (χ3v) is 3.87. The van der Waals surface area contributed by atoms with Gasteiger partial charge in [0.25, 0.3) is 0 Å². The largest absolute Gasteiger partial charge is 0.478 e. The molecule has 0 amide bonds. The van der Waals surface area contributed by atoms with E-state index in [1.807, 2.05) is 4.90 Å². The number of nitrogens with one attached hydrogen (secondary N) is 1. The van der Waals surface area contributed by atoms with Gasteiger partial charge in [-0.15, -0.1) is 0 Å². The molecule has 0 aliphatic carbocycles. The molecule has 1 aliphatic heterocycles. The molecule has 2 heterocycles. The van der Waals surface area contributed by atoms with Gasteiger partial charge in [-0.25, -0.2) is 19.2 Å². The van der Waals surface area contributed by atoms with E-state index in [1.54, 1.807) is 18.5 Å². The molecule has 1 atom stereocenters. The van der Waals surface area contributed by atoms with E-state index >= 15 is 0 Å². The Balaban J connectivity index is 1.85. The fourth-order valence-electron chi connectivity index (χ4n) is 2.77. The Morgan fingerprint density at radius 3 is 2.78 bits per heavy atom. The van der Waals surface area contributed by atoms with Gasteiger partial charge in [-0.05, 0) is 43.5 Å². The number of aromatic carboxylic acids is 1. The summed E-state index contributed by atoms with van der Waals surface area (Å²) in [5.74, 6) is -1.18. The number of carboxylic acid groups (broad SMARTS) is 1. The van der Waals surface area contributed by atoms with Crippen LogP contribution in [0.15, 0.2) is 36.7 Å². The van der Waals surface area contributed by atoms with Crippen molar-refractivity contribution in [3.8, 4) is 0 Å². The van der Waals surface area contributed by atoms with Gasteiger partial charge in [-0.3, -0.25) is 0 Å².